The molecule has 4 rings (SSSR count). The molecule has 1 aromatic heterocycles. The van der Waals surface area contributed by atoms with Gasteiger partial charge in [0.2, 0.25) is 5.95 Å². The molecule has 2 aliphatic carbocycles. The average Bonchev–Trinajstić information content (AvgIpc) is 2.54. The van der Waals surface area contributed by atoms with Crippen LogP contribution in [0.25, 0.3) is 11.3 Å². The van der Waals surface area contributed by atoms with Crippen LogP contribution in [-0.4, -0.2) is 15.5 Å². The van der Waals surface area contributed by atoms with E-state index in [2.05, 4.69) is 29.1 Å². The van der Waals surface area contributed by atoms with Crippen LogP contribution >= 0.6 is 23.2 Å². The molecule has 0 saturated heterocycles. The highest BCUT2D eigenvalue weighted by Crippen LogP contribution is 2.48. The van der Waals surface area contributed by atoms with Gasteiger partial charge in [0.25, 0.3) is 0 Å². The fraction of sp³-hybridized carbons (Fsp3) is 0.524. The fourth-order valence-electron chi connectivity index (χ4n) is 5.50. The van der Waals surface area contributed by atoms with Gasteiger partial charge in [-0.2, -0.15) is 4.98 Å². The first-order chi connectivity index (χ1) is 12.8. The van der Waals surface area contributed by atoms with Crippen molar-refractivity contribution in [1.82, 2.24) is 9.97 Å². The lowest BCUT2D eigenvalue weighted by molar-refractivity contribution is 0.0971. The molecule has 0 aliphatic heterocycles. The summed E-state index contributed by atoms with van der Waals surface area (Å²) in [7, 11) is 0. The van der Waals surface area contributed by atoms with E-state index in [0.29, 0.717) is 15.7 Å². The zero-order valence-corrected chi connectivity index (χ0v) is 17.3. The summed E-state index contributed by atoms with van der Waals surface area (Å²) in [4.78, 5) is 8.87. The summed E-state index contributed by atoms with van der Waals surface area (Å²) in [6.07, 6.45) is 6.22. The molecule has 2 aliphatic rings. The molecule has 2 bridgehead atoms. The van der Waals surface area contributed by atoms with E-state index in [1.54, 1.807) is 6.07 Å². The van der Waals surface area contributed by atoms with Gasteiger partial charge in [0, 0.05) is 17.2 Å². The molecular formula is C21H26Cl2N4. The molecule has 4 nitrogen and oxygen atoms in total. The van der Waals surface area contributed by atoms with Crippen molar-refractivity contribution in [2.24, 2.45) is 17.8 Å². The molecule has 1 heterocycles. The number of hydrogen-bond acceptors (Lipinski definition) is 4. The van der Waals surface area contributed by atoms with Crippen molar-refractivity contribution in [3.63, 3.8) is 0 Å². The zero-order valence-electron chi connectivity index (χ0n) is 15.8. The van der Waals surface area contributed by atoms with E-state index >= 15 is 0 Å². The standard InChI is InChI=1S/C21H26Cl2N4/c1-12-6-14-7-13(2)10-21(9-12,11-14)27-18-8-17(25-20(24)26-18)15-4-3-5-16(22)19(15)23/h3-5,8,12-14H,6-7,9-11H2,1-2H3,(H3,24,25,26,27). The Morgan fingerprint density at radius 1 is 1.07 bits per heavy atom. The van der Waals surface area contributed by atoms with Crippen molar-refractivity contribution in [3.8, 4) is 11.3 Å². The molecule has 6 heteroatoms. The van der Waals surface area contributed by atoms with Crippen molar-refractivity contribution in [3.05, 3.63) is 34.3 Å². The van der Waals surface area contributed by atoms with Gasteiger partial charge in [-0.3, -0.25) is 0 Å². The van der Waals surface area contributed by atoms with Crippen molar-refractivity contribution in [1.29, 1.82) is 0 Å². The zero-order chi connectivity index (χ0) is 19.2. The van der Waals surface area contributed by atoms with Crippen LogP contribution in [0.15, 0.2) is 24.3 Å². The number of rotatable bonds is 3. The summed E-state index contributed by atoms with van der Waals surface area (Å²) in [6.45, 7) is 4.73. The second-order valence-corrected chi connectivity index (χ2v) is 9.45. The number of aromatic nitrogens is 2. The number of nitrogens with zero attached hydrogens (tertiary/aromatic N) is 2. The first-order valence-corrected chi connectivity index (χ1v) is 10.5. The summed E-state index contributed by atoms with van der Waals surface area (Å²) in [6, 6.07) is 7.47. The highest BCUT2D eigenvalue weighted by atomic mass is 35.5. The number of fused-ring (bicyclic) bond motifs is 2. The van der Waals surface area contributed by atoms with Gasteiger partial charge in [-0.25, -0.2) is 4.98 Å². The molecule has 2 aromatic rings. The lowest BCUT2D eigenvalue weighted by Gasteiger charge is -2.50. The van der Waals surface area contributed by atoms with E-state index in [4.69, 9.17) is 28.9 Å². The number of benzene rings is 1. The number of nitrogens with two attached hydrogens (primary N) is 1. The van der Waals surface area contributed by atoms with Gasteiger partial charge in [0.1, 0.15) is 5.82 Å². The Balaban J connectivity index is 1.68. The number of nitrogens with one attached hydrogen (secondary N) is 1. The third kappa shape index (κ3) is 3.88. The first-order valence-electron chi connectivity index (χ1n) is 9.71. The minimum absolute atomic E-state index is 0.0934. The van der Waals surface area contributed by atoms with Gasteiger partial charge in [0.15, 0.2) is 0 Å². The third-order valence-electron chi connectivity index (χ3n) is 5.99. The Morgan fingerprint density at radius 3 is 2.48 bits per heavy atom. The van der Waals surface area contributed by atoms with Gasteiger partial charge >= 0.3 is 0 Å². The second kappa shape index (κ2) is 7.14. The number of nitrogen functional groups attached to an aromatic ring is 1. The van der Waals surface area contributed by atoms with Gasteiger partial charge in [-0.15, -0.1) is 0 Å². The van der Waals surface area contributed by atoms with Crippen LogP contribution in [0, 0.1) is 17.8 Å². The molecule has 2 atom stereocenters. The predicted molar refractivity (Wildman–Crippen MR) is 113 cm³/mol. The quantitative estimate of drug-likeness (QED) is 0.653. The third-order valence-corrected chi connectivity index (χ3v) is 6.81. The lowest BCUT2D eigenvalue weighted by atomic mass is 9.61. The SMILES string of the molecule is CC1CC2CC(C)CC(Nc3cc(-c4cccc(Cl)c4Cl)nc(N)n3)(C1)C2. The monoisotopic (exact) mass is 404 g/mol. The van der Waals surface area contributed by atoms with Crippen LogP contribution in [0.5, 0.6) is 0 Å². The summed E-state index contributed by atoms with van der Waals surface area (Å²) in [5.41, 5.74) is 7.59. The molecule has 144 valence electrons. The lowest BCUT2D eigenvalue weighted by Crippen LogP contribution is -2.50. The number of anilines is 2. The minimum atomic E-state index is 0.0934. The van der Waals surface area contributed by atoms with Crippen molar-refractivity contribution < 1.29 is 0 Å². The maximum absolute atomic E-state index is 6.39. The Hall–Kier alpha value is -1.52. The second-order valence-electron chi connectivity index (χ2n) is 8.66. The molecule has 1 aromatic carbocycles. The Morgan fingerprint density at radius 2 is 1.78 bits per heavy atom. The molecule has 0 radical (unpaired) electrons. The summed E-state index contributed by atoms with van der Waals surface area (Å²) < 4.78 is 0. The van der Waals surface area contributed by atoms with Gasteiger partial charge in [0.05, 0.1) is 15.7 Å². The van der Waals surface area contributed by atoms with Crippen LogP contribution in [0.3, 0.4) is 0 Å². The van der Waals surface area contributed by atoms with Crippen LogP contribution < -0.4 is 11.1 Å². The van der Waals surface area contributed by atoms with Gasteiger partial charge in [-0.1, -0.05) is 49.2 Å². The van der Waals surface area contributed by atoms with Crippen LogP contribution in [0.2, 0.25) is 10.0 Å². The first kappa shape index (κ1) is 18.8. The fourth-order valence-corrected chi connectivity index (χ4v) is 5.90. The summed E-state index contributed by atoms with van der Waals surface area (Å²) in [5.74, 6) is 3.27. The summed E-state index contributed by atoms with van der Waals surface area (Å²) >= 11 is 12.6. The van der Waals surface area contributed by atoms with E-state index < -0.39 is 0 Å². The van der Waals surface area contributed by atoms with E-state index in [-0.39, 0.29) is 11.5 Å². The van der Waals surface area contributed by atoms with Crippen LogP contribution in [0.1, 0.15) is 46.0 Å². The normalized spacial score (nSPS) is 30.1. The van der Waals surface area contributed by atoms with Gasteiger partial charge < -0.3 is 11.1 Å². The molecule has 3 N–H and O–H groups in total. The highest BCUT2D eigenvalue weighted by Gasteiger charge is 2.44. The molecule has 27 heavy (non-hydrogen) atoms. The molecule has 0 spiro atoms. The van der Waals surface area contributed by atoms with E-state index in [9.17, 15) is 0 Å². The Bertz CT molecular complexity index is 835. The van der Waals surface area contributed by atoms with E-state index in [1.807, 2.05) is 18.2 Å². The molecule has 2 fully saturated rings. The van der Waals surface area contributed by atoms with Crippen molar-refractivity contribution >= 4 is 35.0 Å². The largest absolute Gasteiger partial charge is 0.368 e. The summed E-state index contributed by atoms with van der Waals surface area (Å²) in [5, 5.41) is 4.75. The smallest absolute Gasteiger partial charge is 0.222 e. The average molecular weight is 405 g/mol. The Labute approximate surface area is 170 Å². The molecular weight excluding hydrogens is 379 g/mol. The van der Waals surface area contributed by atoms with Gasteiger partial charge in [-0.05, 0) is 55.9 Å². The molecule has 2 unspecified atom stereocenters. The number of hydrogen-bond donors (Lipinski definition) is 2. The minimum Gasteiger partial charge on any atom is -0.368 e. The van der Waals surface area contributed by atoms with Crippen molar-refractivity contribution in [2.45, 2.75) is 51.5 Å². The molecule has 0 amide bonds. The Kier molecular flexibility index (Phi) is 4.98. The predicted octanol–water partition coefficient (Wildman–Crippen LogP) is 6.05. The van der Waals surface area contributed by atoms with Crippen LogP contribution in [0.4, 0.5) is 11.8 Å². The maximum atomic E-state index is 6.39. The highest BCUT2D eigenvalue weighted by molar-refractivity contribution is 6.43. The topological polar surface area (TPSA) is 63.8 Å². The maximum Gasteiger partial charge on any atom is 0.222 e. The van der Waals surface area contributed by atoms with Crippen molar-refractivity contribution in [2.75, 3.05) is 11.1 Å². The van der Waals surface area contributed by atoms with E-state index in [1.165, 1.54) is 32.1 Å². The number of halogens is 2. The van der Waals surface area contributed by atoms with E-state index in [0.717, 1.165) is 29.1 Å². The van der Waals surface area contributed by atoms with Crippen LogP contribution in [-0.2, 0) is 0 Å². The molecule has 2 saturated carbocycles.